The molecule has 0 spiro atoms. The first-order valence-electron chi connectivity index (χ1n) is 6.85. The van der Waals surface area contributed by atoms with Crippen LogP contribution in [0.25, 0.3) is 10.9 Å². The van der Waals surface area contributed by atoms with Crippen molar-refractivity contribution in [2.45, 2.75) is 24.4 Å². The minimum atomic E-state index is -0.0726. The van der Waals surface area contributed by atoms with Crippen LogP contribution in [-0.4, -0.2) is 49.7 Å². The predicted octanol–water partition coefficient (Wildman–Crippen LogP) is 1.73. The molecule has 2 aromatic rings. The standard InChI is InChI=1S/C15H17NO4/c1-17-12-7-18-15-13(8-19-14(12)15)20-10-2-3-11-9(6-10)4-5-16-11/h2-6,12-16H,7-8H2,1H3/t12-,13-,14-,15-/m1/s1. The molecule has 106 valence electrons. The summed E-state index contributed by atoms with van der Waals surface area (Å²) in [5.41, 5.74) is 1.11. The van der Waals surface area contributed by atoms with Gasteiger partial charge in [0, 0.05) is 24.2 Å². The van der Waals surface area contributed by atoms with E-state index in [0.717, 1.165) is 16.7 Å². The highest BCUT2D eigenvalue weighted by molar-refractivity contribution is 5.80. The molecule has 20 heavy (non-hydrogen) atoms. The number of hydrogen-bond acceptors (Lipinski definition) is 4. The van der Waals surface area contributed by atoms with Crippen LogP contribution in [-0.2, 0) is 14.2 Å². The number of aromatic amines is 1. The van der Waals surface area contributed by atoms with Crippen molar-refractivity contribution >= 4 is 10.9 Å². The fraction of sp³-hybridized carbons (Fsp3) is 0.467. The number of hydrogen-bond donors (Lipinski definition) is 1. The van der Waals surface area contributed by atoms with Crippen molar-refractivity contribution in [3.63, 3.8) is 0 Å². The van der Waals surface area contributed by atoms with E-state index in [2.05, 4.69) is 4.98 Å². The Bertz CT molecular complexity index is 611. The first kappa shape index (κ1) is 12.2. The van der Waals surface area contributed by atoms with Crippen molar-refractivity contribution < 1.29 is 18.9 Å². The molecule has 0 bridgehead atoms. The van der Waals surface area contributed by atoms with Gasteiger partial charge in [0.15, 0.2) is 6.10 Å². The van der Waals surface area contributed by atoms with E-state index in [4.69, 9.17) is 18.9 Å². The summed E-state index contributed by atoms with van der Waals surface area (Å²) < 4.78 is 22.9. The van der Waals surface area contributed by atoms with Gasteiger partial charge in [-0.05, 0) is 24.3 Å². The van der Waals surface area contributed by atoms with Gasteiger partial charge in [-0.1, -0.05) is 0 Å². The van der Waals surface area contributed by atoms with E-state index >= 15 is 0 Å². The summed E-state index contributed by atoms with van der Waals surface area (Å²) in [5.74, 6) is 0.843. The normalized spacial score (nSPS) is 32.6. The zero-order valence-electron chi connectivity index (χ0n) is 11.2. The Balaban J connectivity index is 1.51. The SMILES string of the molecule is CO[C@@H]1CO[C@H]2[C@@H]1OC[C@H]2Oc1ccc2[nH]ccc2c1. The summed E-state index contributed by atoms with van der Waals surface area (Å²) in [7, 11) is 1.69. The highest BCUT2D eigenvalue weighted by Gasteiger charge is 2.49. The van der Waals surface area contributed by atoms with E-state index in [1.165, 1.54) is 0 Å². The molecule has 1 aromatic carbocycles. The molecule has 3 heterocycles. The molecule has 4 rings (SSSR count). The maximum absolute atomic E-state index is 6.04. The smallest absolute Gasteiger partial charge is 0.151 e. The van der Waals surface area contributed by atoms with Gasteiger partial charge in [-0.25, -0.2) is 0 Å². The van der Waals surface area contributed by atoms with E-state index in [1.807, 2.05) is 30.5 Å². The molecule has 5 nitrogen and oxygen atoms in total. The summed E-state index contributed by atoms with van der Waals surface area (Å²) in [4.78, 5) is 3.17. The first-order chi connectivity index (χ1) is 9.85. The van der Waals surface area contributed by atoms with Crippen LogP contribution in [0.15, 0.2) is 30.5 Å². The van der Waals surface area contributed by atoms with E-state index in [1.54, 1.807) is 7.11 Å². The Kier molecular flexibility index (Phi) is 2.91. The second-order valence-corrected chi connectivity index (χ2v) is 5.25. The van der Waals surface area contributed by atoms with Gasteiger partial charge in [0.05, 0.1) is 13.2 Å². The largest absolute Gasteiger partial charge is 0.485 e. The molecule has 2 saturated heterocycles. The third-order valence-corrected chi connectivity index (χ3v) is 4.08. The lowest BCUT2D eigenvalue weighted by atomic mass is 10.1. The Morgan fingerprint density at radius 1 is 1.10 bits per heavy atom. The molecular formula is C15H17NO4. The fourth-order valence-corrected chi connectivity index (χ4v) is 3.01. The maximum Gasteiger partial charge on any atom is 0.151 e. The number of ether oxygens (including phenoxy) is 4. The number of benzene rings is 1. The molecule has 5 heteroatoms. The van der Waals surface area contributed by atoms with Crippen LogP contribution in [0.1, 0.15) is 0 Å². The molecule has 2 aliphatic heterocycles. The number of H-pyrrole nitrogens is 1. The maximum atomic E-state index is 6.04. The molecule has 0 unspecified atom stereocenters. The van der Waals surface area contributed by atoms with Gasteiger partial charge in [0.2, 0.25) is 0 Å². The molecule has 2 fully saturated rings. The van der Waals surface area contributed by atoms with Gasteiger partial charge in [-0.3, -0.25) is 0 Å². The quantitative estimate of drug-likeness (QED) is 0.927. The summed E-state index contributed by atoms with van der Waals surface area (Å²) >= 11 is 0. The predicted molar refractivity (Wildman–Crippen MR) is 73.0 cm³/mol. The molecular weight excluding hydrogens is 258 g/mol. The molecule has 0 aliphatic carbocycles. The number of rotatable bonds is 3. The zero-order valence-corrected chi connectivity index (χ0v) is 11.2. The lowest BCUT2D eigenvalue weighted by molar-refractivity contribution is -0.0138. The van der Waals surface area contributed by atoms with Crippen molar-refractivity contribution in [3.05, 3.63) is 30.5 Å². The minimum Gasteiger partial charge on any atom is -0.485 e. The first-order valence-corrected chi connectivity index (χ1v) is 6.85. The van der Waals surface area contributed by atoms with Crippen molar-refractivity contribution in [2.24, 2.45) is 0 Å². The summed E-state index contributed by atoms with van der Waals surface area (Å²) in [5, 5.41) is 1.14. The van der Waals surface area contributed by atoms with E-state index in [0.29, 0.717) is 13.2 Å². The number of nitrogens with one attached hydrogen (secondary N) is 1. The van der Waals surface area contributed by atoms with Crippen LogP contribution >= 0.6 is 0 Å². The molecule has 0 amide bonds. The van der Waals surface area contributed by atoms with Gasteiger partial charge in [-0.2, -0.15) is 0 Å². The van der Waals surface area contributed by atoms with Crippen LogP contribution in [0.3, 0.4) is 0 Å². The molecule has 2 aliphatic rings. The van der Waals surface area contributed by atoms with E-state index in [-0.39, 0.29) is 24.4 Å². The molecule has 1 aromatic heterocycles. The summed E-state index contributed by atoms with van der Waals surface area (Å²) in [6, 6.07) is 8.05. The summed E-state index contributed by atoms with van der Waals surface area (Å²) in [6.45, 7) is 1.11. The van der Waals surface area contributed by atoms with Gasteiger partial charge < -0.3 is 23.9 Å². The number of methoxy groups -OCH3 is 1. The van der Waals surface area contributed by atoms with Gasteiger partial charge >= 0.3 is 0 Å². The van der Waals surface area contributed by atoms with Crippen molar-refractivity contribution in [3.8, 4) is 5.75 Å². The van der Waals surface area contributed by atoms with Crippen LogP contribution in [0.2, 0.25) is 0 Å². The second kappa shape index (κ2) is 4.77. The topological polar surface area (TPSA) is 52.7 Å². The highest BCUT2D eigenvalue weighted by Crippen LogP contribution is 2.31. The van der Waals surface area contributed by atoms with Gasteiger partial charge in [0.25, 0.3) is 0 Å². The van der Waals surface area contributed by atoms with Gasteiger partial charge in [0.1, 0.15) is 24.1 Å². The minimum absolute atomic E-state index is 0.0130. The van der Waals surface area contributed by atoms with E-state index in [9.17, 15) is 0 Å². The van der Waals surface area contributed by atoms with Crippen molar-refractivity contribution in [2.75, 3.05) is 20.3 Å². The Morgan fingerprint density at radius 2 is 1.90 bits per heavy atom. The number of fused-ring (bicyclic) bond motifs is 2. The second-order valence-electron chi connectivity index (χ2n) is 5.25. The van der Waals surface area contributed by atoms with Crippen LogP contribution in [0.5, 0.6) is 5.75 Å². The lowest BCUT2D eigenvalue weighted by Gasteiger charge is -2.18. The van der Waals surface area contributed by atoms with Crippen molar-refractivity contribution in [1.29, 1.82) is 0 Å². The average molecular weight is 275 g/mol. The third kappa shape index (κ3) is 1.90. The monoisotopic (exact) mass is 275 g/mol. The van der Waals surface area contributed by atoms with Crippen LogP contribution < -0.4 is 4.74 Å². The summed E-state index contributed by atoms with van der Waals surface area (Å²) in [6.07, 6.45) is 1.81. The molecule has 0 radical (unpaired) electrons. The third-order valence-electron chi connectivity index (χ3n) is 4.08. The van der Waals surface area contributed by atoms with Crippen LogP contribution in [0.4, 0.5) is 0 Å². The molecule has 4 atom stereocenters. The Labute approximate surface area is 116 Å². The Hall–Kier alpha value is -1.56. The van der Waals surface area contributed by atoms with Crippen molar-refractivity contribution in [1.82, 2.24) is 4.98 Å². The highest BCUT2D eigenvalue weighted by atomic mass is 16.6. The molecule has 1 N–H and O–H groups in total. The Morgan fingerprint density at radius 3 is 2.75 bits per heavy atom. The fourth-order valence-electron chi connectivity index (χ4n) is 3.01. The van der Waals surface area contributed by atoms with E-state index < -0.39 is 0 Å². The average Bonchev–Trinajstić information content (AvgIpc) is 3.15. The number of aromatic nitrogens is 1. The lowest BCUT2D eigenvalue weighted by Crippen LogP contribution is -2.35. The zero-order chi connectivity index (χ0) is 13.5. The van der Waals surface area contributed by atoms with Crippen LogP contribution in [0, 0.1) is 0 Å². The molecule has 0 saturated carbocycles. The van der Waals surface area contributed by atoms with Gasteiger partial charge in [-0.15, -0.1) is 0 Å².